The molecule has 1 aliphatic rings. The van der Waals surface area contributed by atoms with Crippen LogP contribution in [0.2, 0.25) is 0 Å². The topological polar surface area (TPSA) is 87.5 Å². The van der Waals surface area contributed by atoms with Crippen molar-refractivity contribution < 1.29 is 14.7 Å². The van der Waals surface area contributed by atoms with Gasteiger partial charge in [-0.2, -0.15) is 5.10 Å². The first kappa shape index (κ1) is 14.5. The Bertz CT molecular complexity index is 498. The number of aliphatic carboxylic acids is 1. The van der Waals surface area contributed by atoms with E-state index in [-0.39, 0.29) is 18.4 Å². The summed E-state index contributed by atoms with van der Waals surface area (Å²) >= 11 is 0. The lowest BCUT2D eigenvalue weighted by atomic mass is 10.1. The van der Waals surface area contributed by atoms with E-state index in [4.69, 9.17) is 5.11 Å². The molecule has 0 spiro atoms. The van der Waals surface area contributed by atoms with Gasteiger partial charge >= 0.3 is 5.97 Å². The number of carboxylic acids is 1. The summed E-state index contributed by atoms with van der Waals surface area (Å²) in [7, 11) is 0. The van der Waals surface area contributed by atoms with Crippen molar-refractivity contribution in [2.24, 2.45) is 0 Å². The zero-order chi connectivity index (χ0) is 14.7. The predicted molar refractivity (Wildman–Crippen MR) is 72.1 cm³/mol. The molecular formula is C13H20N4O3. The Hall–Kier alpha value is -1.89. The molecule has 0 saturated carbocycles. The summed E-state index contributed by atoms with van der Waals surface area (Å²) in [4.78, 5) is 24.6. The second-order valence-corrected chi connectivity index (χ2v) is 5.26. The molecule has 7 nitrogen and oxygen atoms in total. The minimum Gasteiger partial charge on any atom is -0.481 e. The molecule has 1 saturated heterocycles. The molecule has 2 heterocycles. The van der Waals surface area contributed by atoms with E-state index in [1.165, 1.54) is 0 Å². The van der Waals surface area contributed by atoms with Crippen molar-refractivity contribution in [1.29, 1.82) is 0 Å². The summed E-state index contributed by atoms with van der Waals surface area (Å²) in [5, 5.41) is 16.1. The Morgan fingerprint density at radius 1 is 1.60 bits per heavy atom. The quantitative estimate of drug-likeness (QED) is 0.806. The van der Waals surface area contributed by atoms with E-state index in [0.29, 0.717) is 19.6 Å². The SMILES string of the molecule is CC(C)n1ccc(CN2CCNC(=O)C2CC(=O)O)n1. The van der Waals surface area contributed by atoms with E-state index >= 15 is 0 Å². The van der Waals surface area contributed by atoms with Gasteiger partial charge in [-0.3, -0.25) is 19.2 Å². The molecule has 1 aliphatic heterocycles. The third-order valence-corrected chi connectivity index (χ3v) is 3.37. The Kier molecular flexibility index (Phi) is 4.39. The molecule has 0 bridgehead atoms. The smallest absolute Gasteiger partial charge is 0.305 e. The second-order valence-electron chi connectivity index (χ2n) is 5.26. The van der Waals surface area contributed by atoms with Crippen LogP contribution in [0.25, 0.3) is 0 Å². The summed E-state index contributed by atoms with van der Waals surface area (Å²) in [6, 6.07) is 1.57. The van der Waals surface area contributed by atoms with E-state index in [0.717, 1.165) is 5.69 Å². The average Bonchev–Trinajstić information content (AvgIpc) is 2.82. The first-order chi connectivity index (χ1) is 9.47. The monoisotopic (exact) mass is 280 g/mol. The van der Waals surface area contributed by atoms with Crippen molar-refractivity contribution in [2.45, 2.75) is 38.9 Å². The first-order valence-electron chi connectivity index (χ1n) is 6.75. The largest absolute Gasteiger partial charge is 0.481 e. The molecule has 2 rings (SSSR count). The first-order valence-corrected chi connectivity index (χ1v) is 6.75. The fourth-order valence-electron chi connectivity index (χ4n) is 2.30. The molecule has 1 aromatic heterocycles. The van der Waals surface area contributed by atoms with Crippen molar-refractivity contribution in [1.82, 2.24) is 20.0 Å². The predicted octanol–water partition coefficient (Wildman–Crippen LogP) is 0.239. The van der Waals surface area contributed by atoms with Gasteiger partial charge in [-0.1, -0.05) is 0 Å². The van der Waals surface area contributed by atoms with E-state index < -0.39 is 12.0 Å². The van der Waals surface area contributed by atoms with Crippen LogP contribution in [0.1, 0.15) is 32.0 Å². The average molecular weight is 280 g/mol. The fourth-order valence-corrected chi connectivity index (χ4v) is 2.30. The van der Waals surface area contributed by atoms with E-state index in [1.807, 2.05) is 35.7 Å². The minimum absolute atomic E-state index is 0.184. The van der Waals surface area contributed by atoms with Gasteiger partial charge in [-0.25, -0.2) is 0 Å². The normalized spacial score (nSPS) is 20.1. The standard InChI is InChI=1S/C13H20N4O3/c1-9(2)17-5-3-10(15-17)8-16-6-4-14-13(20)11(16)7-12(18)19/h3,5,9,11H,4,6-8H2,1-2H3,(H,14,20)(H,18,19). The lowest BCUT2D eigenvalue weighted by Gasteiger charge is -2.33. The maximum atomic E-state index is 11.8. The molecule has 2 N–H and O–H groups in total. The van der Waals surface area contributed by atoms with Crippen molar-refractivity contribution in [3.05, 3.63) is 18.0 Å². The highest BCUT2D eigenvalue weighted by Crippen LogP contribution is 2.14. The van der Waals surface area contributed by atoms with Gasteiger partial charge < -0.3 is 10.4 Å². The minimum atomic E-state index is -0.968. The number of nitrogens with zero attached hydrogens (tertiary/aromatic N) is 3. The molecule has 1 atom stereocenters. The van der Waals surface area contributed by atoms with E-state index in [2.05, 4.69) is 10.4 Å². The van der Waals surface area contributed by atoms with Crippen LogP contribution in [0.15, 0.2) is 12.3 Å². The molecule has 0 aromatic carbocycles. The molecule has 0 radical (unpaired) electrons. The van der Waals surface area contributed by atoms with Gasteiger partial charge in [0, 0.05) is 31.9 Å². The van der Waals surface area contributed by atoms with Crippen molar-refractivity contribution in [2.75, 3.05) is 13.1 Å². The van der Waals surface area contributed by atoms with Crippen LogP contribution >= 0.6 is 0 Å². The highest BCUT2D eigenvalue weighted by atomic mass is 16.4. The number of aromatic nitrogens is 2. The summed E-state index contributed by atoms with van der Waals surface area (Å²) in [5.41, 5.74) is 0.851. The Morgan fingerprint density at radius 3 is 2.95 bits per heavy atom. The fraction of sp³-hybridized carbons (Fsp3) is 0.615. The number of hydrogen-bond acceptors (Lipinski definition) is 4. The van der Waals surface area contributed by atoms with Crippen molar-refractivity contribution in [3.8, 4) is 0 Å². The second kappa shape index (κ2) is 6.04. The number of carbonyl (C=O) groups is 2. The summed E-state index contributed by atoms with van der Waals surface area (Å²) in [6.45, 7) is 5.75. The zero-order valence-corrected chi connectivity index (χ0v) is 11.7. The Balaban J connectivity index is 2.07. The maximum Gasteiger partial charge on any atom is 0.305 e. The van der Waals surface area contributed by atoms with Gasteiger partial charge in [0.15, 0.2) is 0 Å². The molecule has 1 fully saturated rings. The molecule has 0 aliphatic carbocycles. The number of piperazine rings is 1. The van der Waals surface area contributed by atoms with Crippen LogP contribution in [-0.4, -0.2) is 50.8 Å². The van der Waals surface area contributed by atoms with Gasteiger partial charge in [-0.15, -0.1) is 0 Å². The van der Waals surface area contributed by atoms with E-state index in [9.17, 15) is 9.59 Å². The number of rotatable bonds is 5. The summed E-state index contributed by atoms with van der Waals surface area (Å²) in [5.74, 6) is -1.19. The molecule has 110 valence electrons. The summed E-state index contributed by atoms with van der Waals surface area (Å²) < 4.78 is 1.85. The number of carboxylic acid groups (broad SMARTS) is 1. The zero-order valence-electron chi connectivity index (χ0n) is 11.7. The molecule has 1 unspecified atom stereocenters. The number of amides is 1. The van der Waals surface area contributed by atoms with Crippen LogP contribution in [0.4, 0.5) is 0 Å². The number of hydrogen-bond donors (Lipinski definition) is 2. The van der Waals surface area contributed by atoms with Crippen LogP contribution in [0, 0.1) is 0 Å². The molecular weight excluding hydrogens is 260 g/mol. The van der Waals surface area contributed by atoms with Gasteiger partial charge in [-0.05, 0) is 19.9 Å². The number of carbonyl (C=O) groups excluding carboxylic acids is 1. The van der Waals surface area contributed by atoms with Gasteiger partial charge in [0.2, 0.25) is 5.91 Å². The summed E-state index contributed by atoms with van der Waals surface area (Å²) in [6.07, 6.45) is 1.72. The van der Waals surface area contributed by atoms with Crippen LogP contribution < -0.4 is 5.32 Å². The Labute approximate surface area is 117 Å². The number of nitrogens with one attached hydrogen (secondary N) is 1. The van der Waals surface area contributed by atoms with E-state index in [1.54, 1.807) is 0 Å². The molecule has 20 heavy (non-hydrogen) atoms. The van der Waals surface area contributed by atoms with Crippen LogP contribution in [0.3, 0.4) is 0 Å². The lowest BCUT2D eigenvalue weighted by Crippen LogP contribution is -2.55. The third kappa shape index (κ3) is 3.36. The highest BCUT2D eigenvalue weighted by molar-refractivity contribution is 5.86. The maximum absolute atomic E-state index is 11.8. The third-order valence-electron chi connectivity index (χ3n) is 3.37. The van der Waals surface area contributed by atoms with Crippen LogP contribution in [-0.2, 0) is 16.1 Å². The van der Waals surface area contributed by atoms with Gasteiger partial charge in [0.25, 0.3) is 0 Å². The van der Waals surface area contributed by atoms with Crippen molar-refractivity contribution >= 4 is 11.9 Å². The highest BCUT2D eigenvalue weighted by Gasteiger charge is 2.31. The molecule has 1 aromatic rings. The lowest BCUT2D eigenvalue weighted by molar-refractivity contribution is -0.143. The molecule has 1 amide bonds. The molecule has 7 heteroatoms. The van der Waals surface area contributed by atoms with Gasteiger partial charge in [0.05, 0.1) is 12.1 Å². The van der Waals surface area contributed by atoms with Crippen molar-refractivity contribution in [3.63, 3.8) is 0 Å². The van der Waals surface area contributed by atoms with Crippen LogP contribution in [0.5, 0.6) is 0 Å². The Morgan fingerprint density at radius 2 is 2.35 bits per heavy atom. The van der Waals surface area contributed by atoms with Gasteiger partial charge in [0.1, 0.15) is 6.04 Å².